The van der Waals surface area contributed by atoms with Crippen molar-refractivity contribution in [2.45, 2.75) is 32.8 Å². The molecule has 3 aromatic rings. The van der Waals surface area contributed by atoms with Gasteiger partial charge in [0, 0.05) is 5.56 Å². The lowest BCUT2D eigenvalue weighted by Crippen LogP contribution is -2.24. The topological polar surface area (TPSA) is 29.5 Å². The largest absolute Gasteiger partial charge is 0.496 e. The highest BCUT2D eigenvalue weighted by Crippen LogP contribution is 2.33. The van der Waals surface area contributed by atoms with Crippen LogP contribution >= 0.6 is 8.58 Å². The minimum absolute atomic E-state index is 0.0207. The lowest BCUT2D eigenvalue weighted by molar-refractivity contribution is 0.282. The first kappa shape index (κ1) is 19.6. The second kappa shape index (κ2) is 8.25. The highest BCUT2D eigenvalue weighted by Gasteiger charge is 2.21. The van der Waals surface area contributed by atoms with Crippen molar-refractivity contribution in [3.05, 3.63) is 77.9 Å². The molecule has 0 saturated heterocycles. The molecule has 0 saturated carbocycles. The summed E-state index contributed by atoms with van der Waals surface area (Å²) < 4.78 is 5.59. The van der Waals surface area contributed by atoms with E-state index in [2.05, 4.69) is 57.2 Å². The molecule has 1 unspecified atom stereocenters. The molecule has 0 heterocycles. The summed E-state index contributed by atoms with van der Waals surface area (Å²) in [7, 11) is 2.17. The second-order valence-corrected chi connectivity index (χ2v) is 8.91. The number of rotatable bonds is 5. The van der Waals surface area contributed by atoms with Gasteiger partial charge in [-0.2, -0.15) is 0 Å². The Morgan fingerprint density at radius 3 is 2.19 bits per heavy atom. The van der Waals surface area contributed by atoms with Crippen LogP contribution in [0, 0.1) is 0 Å². The Kier molecular flexibility index (Phi) is 5.99. The average molecular weight is 378 g/mol. The molecule has 27 heavy (non-hydrogen) atoms. The van der Waals surface area contributed by atoms with Gasteiger partial charge in [0.15, 0.2) is 0 Å². The molecule has 2 nitrogen and oxygen atoms in total. The van der Waals surface area contributed by atoms with Crippen molar-refractivity contribution >= 4 is 19.2 Å². The summed E-state index contributed by atoms with van der Waals surface area (Å²) >= 11 is 0. The zero-order valence-electron chi connectivity index (χ0n) is 16.4. The number of aliphatic hydroxyl groups is 1. The molecule has 0 radical (unpaired) electrons. The maximum Gasteiger partial charge on any atom is 0.126 e. The van der Waals surface area contributed by atoms with Crippen LogP contribution in [0.1, 0.15) is 31.9 Å². The number of aliphatic hydroxyl groups excluding tert-OH is 1. The summed E-state index contributed by atoms with van der Waals surface area (Å²) in [6.07, 6.45) is 0. The molecule has 1 atom stereocenters. The van der Waals surface area contributed by atoms with Crippen LogP contribution in [0.25, 0.3) is 11.1 Å². The minimum Gasteiger partial charge on any atom is -0.496 e. The molecule has 3 heteroatoms. The Bertz CT molecular complexity index is 926. The van der Waals surface area contributed by atoms with Crippen LogP contribution in [0.2, 0.25) is 0 Å². The van der Waals surface area contributed by atoms with Crippen molar-refractivity contribution in [1.82, 2.24) is 0 Å². The zero-order chi connectivity index (χ0) is 19.4. The van der Waals surface area contributed by atoms with Gasteiger partial charge in [-0.3, -0.25) is 0 Å². The lowest BCUT2D eigenvalue weighted by atomic mass is 9.86. The average Bonchev–Trinajstić information content (AvgIpc) is 2.67. The predicted molar refractivity (Wildman–Crippen MR) is 117 cm³/mol. The van der Waals surface area contributed by atoms with E-state index in [1.54, 1.807) is 7.11 Å². The smallest absolute Gasteiger partial charge is 0.126 e. The van der Waals surface area contributed by atoms with E-state index in [0.717, 1.165) is 16.9 Å². The summed E-state index contributed by atoms with van der Waals surface area (Å²) in [6.45, 7) is 6.74. The van der Waals surface area contributed by atoms with Crippen LogP contribution in [0.5, 0.6) is 5.75 Å². The Balaban J connectivity index is 2.14. The SMILES string of the molecule is COc1ccccc1-c1ccccc1Pc1c(CO)cccc1C(C)(C)C. The van der Waals surface area contributed by atoms with Gasteiger partial charge in [-0.1, -0.05) is 90.0 Å². The summed E-state index contributed by atoms with van der Waals surface area (Å²) in [5.41, 5.74) is 4.60. The number of benzene rings is 3. The van der Waals surface area contributed by atoms with Gasteiger partial charge in [0.2, 0.25) is 0 Å². The second-order valence-electron chi connectivity index (χ2n) is 7.62. The third-order valence-corrected chi connectivity index (χ3v) is 6.26. The maximum atomic E-state index is 9.94. The predicted octanol–water partition coefficient (Wildman–Crippen LogP) is 4.78. The standard InChI is InChI=1S/C24H27O2P/c1-24(2,3)20-13-9-10-17(16-25)23(20)27-22-15-8-6-12-19(22)18-11-5-7-14-21(18)26-4/h5-15,25,27H,16H2,1-4H3. The zero-order valence-corrected chi connectivity index (χ0v) is 17.4. The van der Waals surface area contributed by atoms with E-state index in [1.807, 2.05) is 30.3 Å². The number of hydrogen-bond acceptors (Lipinski definition) is 2. The Labute approximate surface area is 164 Å². The van der Waals surface area contributed by atoms with E-state index >= 15 is 0 Å². The molecular formula is C24H27O2P. The summed E-state index contributed by atoms with van der Waals surface area (Å²) in [4.78, 5) is 0. The van der Waals surface area contributed by atoms with Crippen LogP contribution in [-0.4, -0.2) is 12.2 Å². The van der Waals surface area contributed by atoms with Gasteiger partial charge in [-0.05, 0) is 38.8 Å². The van der Waals surface area contributed by atoms with Gasteiger partial charge >= 0.3 is 0 Å². The number of methoxy groups -OCH3 is 1. The molecule has 0 bridgehead atoms. The van der Waals surface area contributed by atoms with Crippen LogP contribution in [0.3, 0.4) is 0 Å². The molecule has 140 valence electrons. The molecule has 0 spiro atoms. The van der Waals surface area contributed by atoms with Gasteiger partial charge in [0.1, 0.15) is 5.75 Å². The highest BCUT2D eigenvalue weighted by molar-refractivity contribution is 7.56. The van der Waals surface area contributed by atoms with Gasteiger partial charge in [-0.15, -0.1) is 0 Å². The Hall–Kier alpha value is -2.15. The Morgan fingerprint density at radius 2 is 1.52 bits per heavy atom. The van der Waals surface area contributed by atoms with E-state index < -0.39 is 0 Å². The van der Waals surface area contributed by atoms with Gasteiger partial charge < -0.3 is 9.84 Å². The van der Waals surface area contributed by atoms with Crippen molar-refractivity contribution in [2.24, 2.45) is 0 Å². The Morgan fingerprint density at radius 1 is 0.852 bits per heavy atom. The fraction of sp³-hybridized carbons (Fsp3) is 0.250. The van der Waals surface area contributed by atoms with Crippen molar-refractivity contribution in [3.8, 4) is 16.9 Å². The molecule has 0 aliphatic heterocycles. The van der Waals surface area contributed by atoms with Crippen molar-refractivity contribution in [2.75, 3.05) is 7.11 Å². The van der Waals surface area contributed by atoms with Gasteiger partial charge in [0.05, 0.1) is 13.7 Å². The third kappa shape index (κ3) is 4.24. The monoisotopic (exact) mass is 378 g/mol. The van der Waals surface area contributed by atoms with E-state index in [9.17, 15) is 5.11 Å². The van der Waals surface area contributed by atoms with Crippen LogP contribution in [-0.2, 0) is 12.0 Å². The quantitative estimate of drug-likeness (QED) is 0.648. The first-order chi connectivity index (χ1) is 13.0. The van der Waals surface area contributed by atoms with E-state index in [4.69, 9.17) is 4.74 Å². The van der Waals surface area contributed by atoms with Gasteiger partial charge in [0.25, 0.3) is 0 Å². The highest BCUT2D eigenvalue weighted by atomic mass is 31.1. The summed E-state index contributed by atoms with van der Waals surface area (Å²) in [6, 6.07) is 22.9. The molecule has 0 aromatic heterocycles. The molecule has 3 aromatic carbocycles. The number of ether oxygens (including phenoxy) is 1. The number of para-hydroxylation sites is 1. The van der Waals surface area contributed by atoms with Crippen molar-refractivity contribution in [3.63, 3.8) is 0 Å². The van der Waals surface area contributed by atoms with Crippen LogP contribution < -0.4 is 15.3 Å². The molecule has 0 fully saturated rings. The maximum absolute atomic E-state index is 9.94. The van der Waals surface area contributed by atoms with E-state index in [0.29, 0.717) is 8.58 Å². The van der Waals surface area contributed by atoms with Crippen LogP contribution in [0.4, 0.5) is 0 Å². The molecule has 0 aliphatic rings. The molecule has 0 aliphatic carbocycles. The lowest BCUT2D eigenvalue weighted by Gasteiger charge is -2.25. The summed E-state index contributed by atoms with van der Waals surface area (Å²) in [5, 5.41) is 12.4. The van der Waals surface area contributed by atoms with Crippen molar-refractivity contribution < 1.29 is 9.84 Å². The molecule has 3 rings (SSSR count). The third-order valence-electron chi connectivity index (χ3n) is 4.71. The van der Waals surface area contributed by atoms with Crippen LogP contribution in [0.15, 0.2) is 66.7 Å². The number of hydrogen-bond donors (Lipinski definition) is 1. The van der Waals surface area contributed by atoms with Gasteiger partial charge in [-0.25, -0.2) is 0 Å². The fourth-order valence-corrected chi connectivity index (χ4v) is 5.05. The van der Waals surface area contributed by atoms with E-state index in [1.165, 1.54) is 21.7 Å². The fourth-order valence-electron chi connectivity index (χ4n) is 3.33. The molecule has 0 amide bonds. The minimum atomic E-state index is 0.0207. The molecule has 1 N–H and O–H groups in total. The normalized spacial score (nSPS) is 11.9. The van der Waals surface area contributed by atoms with Crippen molar-refractivity contribution in [1.29, 1.82) is 0 Å². The summed E-state index contributed by atoms with van der Waals surface area (Å²) in [5.74, 6) is 0.876. The first-order valence-corrected chi connectivity index (χ1v) is 10.2. The molecular weight excluding hydrogens is 351 g/mol. The van der Waals surface area contributed by atoms with E-state index in [-0.39, 0.29) is 12.0 Å². The first-order valence-electron chi connectivity index (χ1n) is 9.18.